The monoisotopic (exact) mass is 248 g/mol. The standard InChI is InChI=1S/C9H13FN2O3S/c1-6(5-13)12-16(14,15)7-2-3-8(10)9(11)4-7/h2-4,6,12-13H,5,11H2,1H3/t6-/m0/s1. The van der Waals surface area contributed by atoms with Crippen LogP contribution in [0, 0.1) is 5.82 Å². The average molecular weight is 248 g/mol. The van der Waals surface area contributed by atoms with Gasteiger partial charge in [-0.15, -0.1) is 0 Å². The van der Waals surface area contributed by atoms with Crippen molar-refractivity contribution >= 4 is 15.7 Å². The van der Waals surface area contributed by atoms with Gasteiger partial charge in [0, 0.05) is 6.04 Å². The molecule has 0 fully saturated rings. The van der Waals surface area contributed by atoms with Crippen LogP contribution >= 0.6 is 0 Å². The molecule has 0 aliphatic carbocycles. The van der Waals surface area contributed by atoms with E-state index in [2.05, 4.69) is 4.72 Å². The summed E-state index contributed by atoms with van der Waals surface area (Å²) >= 11 is 0. The summed E-state index contributed by atoms with van der Waals surface area (Å²) in [5.74, 6) is -0.672. The van der Waals surface area contributed by atoms with Gasteiger partial charge in [-0.1, -0.05) is 0 Å². The lowest BCUT2D eigenvalue weighted by Crippen LogP contribution is -2.35. The van der Waals surface area contributed by atoms with Crippen molar-refractivity contribution in [3.8, 4) is 0 Å². The van der Waals surface area contributed by atoms with Gasteiger partial charge in [-0.25, -0.2) is 17.5 Å². The van der Waals surface area contributed by atoms with E-state index in [0.717, 1.165) is 18.2 Å². The molecular weight excluding hydrogens is 235 g/mol. The van der Waals surface area contributed by atoms with Crippen molar-refractivity contribution in [1.29, 1.82) is 0 Å². The Morgan fingerprint density at radius 1 is 1.56 bits per heavy atom. The fourth-order valence-electron chi connectivity index (χ4n) is 1.06. The summed E-state index contributed by atoms with van der Waals surface area (Å²) in [5.41, 5.74) is 5.03. The van der Waals surface area contributed by atoms with Crippen LogP contribution in [0.1, 0.15) is 6.92 Å². The maximum absolute atomic E-state index is 12.8. The summed E-state index contributed by atoms with van der Waals surface area (Å²) in [6.07, 6.45) is 0. The smallest absolute Gasteiger partial charge is 0.240 e. The minimum atomic E-state index is -3.77. The average Bonchev–Trinajstić information content (AvgIpc) is 2.21. The second-order valence-electron chi connectivity index (χ2n) is 3.39. The molecule has 1 atom stereocenters. The highest BCUT2D eigenvalue weighted by atomic mass is 32.2. The highest BCUT2D eigenvalue weighted by Crippen LogP contribution is 2.16. The lowest BCUT2D eigenvalue weighted by molar-refractivity contribution is 0.265. The molecule has 90 valence electrons. The molecule has 7 heteroatoms. The molecule has 5 nitrogen and oxygen atoms in total. The zero-order chi connectivity index (χ0) is 12.3. The molecule has 0 radical (unpaired) electrons. The summed E-state index contributed by atoms with van der Waals surface area (Å²) in [7, 11) is -3.77. The maximum atomic E-state index is 12.8. The quantitative estimate of drug-likeness (QED) is 0.657. The number of anilines is 1. The highest BCUT2D eigenvalue weighted by molar-refractivity contribution is 7.89. The fraction of sp³-hybridized carbons (Fsp3) is 0.333. The first kappa shape index (κ1) is 12.9. The number of benzene rings is 1. The van der Waals surface area contributed by atoms with Crippen LogP contribution in [0.15, 0.2) is 23.1 Å². The van der Waals surface area contributed by atoms with Crippen LogP contribution < -0.4 is 10.5 Å². The topological polar surface area (TPSA) is 92.4 Å². The van der Waals surface area contributed by atoms with E-state index in [1.807, 2.05) is 0 Å². The van der Waals surface area contributed by atoms with Crippen LogP contribution in [-0.2, 0) is 10.0 Å². The summed E-state index contributed by atoms with van der Waals surface area (Å²) < 4.78 is 38.4. The van der Waals surface area contributed by atoms with Crippen molar-refractivity contribution in [2.24, 2.45) is 0 Å². The lowest BCUT2D eigenvalue weighted by atomic mass is 10.3. The molecule has 4 N–H and O–H groups in total. The van der Waals surface area contributed by atoms with Gasteiger partial charge in [-0.2, -0.15) is 0 Å². The Morgan fingerprint density at radius 2 is 2.19 bits per heavy atom. The van der Waals surface area contributed by atoms with E-state index < -0.39 is 21.9 Å². The first-order valence-electron chi connectivity index (χ1n) is 4.55. The molecule has 0 aliphatic heterocycles. The predicted molar refractivity (Wildman–Crippen MR) is 57.7 cm³/mol. The van der Waals surface area contributed by atoms with Crippen LogP contribution in [0.25, 0.3) is 0 Å². The van der Waals surface area contributed by atoms with Gasteiger partial charge in [0.15, 0.2) is 0 Å². The van der Waals surface area contributed by atoms with Crippen LogP contribution in [-0.4, -0.2) is 26.2 Å². The lowest BCUT2D eigenvalue weighted by Gasteiger charge is -2.11. The fourth-order valence-corrected chi connectivity index (χ4v) is 2.33. The third kappa shape index (κ3) is 2.91. The molecular formula is C9H13FN2O3S. The van der Waals surface area contributed by atoms with E-state index in [1.54, 1.807) is 0 Å². The molecule has 16 heavy (non-hydrogen) atoms. The number of hydrogen-bond acceptors (Lipinski definition) is 4. The van der Waals surface area contributed by atoms with Crippen molar-refractivity contribution in [2.75, 3.05) is 12.3 Å². The van der Waals surface area contributed by atoms with E-state index >= 15 is 0 Å². The third-order valence-corrected chi connectivity index (χ3v) is 3.50. The van der Waals surface area contributed by atoms with Crippen LogP contribution in [0.3, 0.4) is 0 Å². The number of nitrogens with one attached hydrogen (secondary N) is 1. The third-order valence-electron chi connectivity index (χ3n) is 1.91. The van der Waals surface area contributed by atoms with Crippen molar-refractivity contribution in [2.45, 2.75) is 17.9 Å². The summed E-state index contributed by atoms with van der Waals surface area (Å²) in [4.78, 5) is -0.133. The molecule has 0 amide bonds. The maximum Gasteiger partial charge on any atom is 0.240 e. The minimum absolute atomic E-state index is 0.133. The molecule has 0 bridgehead atoms. The number of rotatable bonds is 4. The van der Waals surface area contributed by atoms with E-state index in [4.69, 9.17) is 10.8 Å². The summed E-state index contributed by atoms with van der Waals surface area (Å²) in [6.45, 7) is 1.18. The van der Waals surface area contributed by atoms with Gasteiger partial charge in [-0.05, 0) is 25.1 Å². The molecule has 0 spiro atoms. The SMILES string of the molecule is C[C@@H](CO)NS(=O)(=O)c1ccc(F)c(N)c1. The Morgan fingerprint density at radius 3 is 2.69 bits per heavy atom. The number of aliphatic hydroxyl groups is 1. The van der Waals surface area contributed by atoms with E-state index in [9.17, 15) is 12.8 Å². The van der Waals surface area contributed by atoms with Gasteiger partial charge in [0.25, 0.3) is 0 Å². The largest absolute Gasteiger partial charge is 0.396 e. The zero-order valence-electron chi connectivity index (χ0n) is 8.64. The first-order valence-corrected chi connectivity index (χ1v) is 6.03. The minimum Gasteiger partial charge on any atom is -0.396 e. The Hall–Kier alpha value is -1.18. The van der Waals surface area contributed by atoms with E-state index in [1.165, 1.54) is 6.92 Å². The van der Waals surface area contributed by atoms with Gasteiger partial charge in [0.2, 0.25) is 10.0 Å². The first-order chi connectivity index (χ1) is 7.36. The Labute approximate surface area is 93.1 Å². The molecule has 0 aliphatic rings. The van der Waals surface area contributed by atoms with E-state index in [0.29, 0.717) is 0 Å². The normalized spacial score (nSPS) is 13.7. The summed E-state index contributed by atoms with van der Waals surface area (Å²) in [6, 6.07) is 2.50. The number of nitrogens with two attached hydrogens (primary N) is 1. The number of aliphatic hydroxyl groups excluding tert-OH is 1. The van der Waals surface area contributed by atoms with Gasteiger partial charge in [-0.3, -0.25) is 0 Å². The van der Waals surface area contributed by atoms with Crippen molar-refractivity contribution < 1.29 is 17.9 Å². The molecule has 1 rings (SSSR count). The van der Waals surface area contributed by atoms with Gasteiger partial charge in [0.1, 0.15) is 5.82 Å². The summed E-state index contributed by atoms with van der Waals surface area (Å²) in [5, 5.41) is 8.73. The number of hydrogen-bond donors (Lipinski definition) is 3. The molecule has 0 unspecified atom stereocenters. The second kappa shape index (κ2) is 4.77. The number of sulfonamides is 1. The highest BCUT2D eigenvalue weighted by Gasteiger charge is 2.17. The predicted octanol–water partition coefficient (Wildman–Crippen LogP) is 0.0670. The van der Waals surface area contributed by atoms with Gasteiger partial charge >= 0.3 is 0 Å². The number of nitrogen functional groups attached to an aromatic ring is 1. The molecule has 0 heterocycles. The number of halogens is 1. The molecule has 1 aromatic rings. The van der Waals surface area contributed by atoms with Gasteiger partial charge < -0.3 is 10.8 Å². The van der Waals surface area contributed by atoms with Crippen molar-refractivity contribution in [3.63, 3.8) is 0 Å². The Kier molecular flexibility index (Phi) is 3.84. The Balaban J connectivity index is 3.03. The Bertz CT molecular complexity index is 476. The second-order valence-corrected chi connectivity index (χ2v) is 5.10. The van der Waals surface area contributed by atoms with Crippen LogP contribution in [0.2, 0.25) is 0 Å². The van der Waals surface area contributed by atoms with Crippen LogP contribution in [0.5, 0.6) is 0 Å². The van der Waals surface area contributed by atoms with Crippen molar-refractivity contribution in [3.05, 3.63) is 24.0 Å². The molecule has 0 aromatic heterocycles. The zero-order valence-corrected chi connectivity index (χ0v) is 9.46. The van der Waals surface area contributed by atoms with Gasteiger partial charge in [0.05, 0.1) is 17.2 Å². The molecule has 0 saturated heterocycles. The molecule has 1 aromatic carbocycles. The van der Waals surface area contributed by atoms with E-state index in [-0.39, 0.29) is 17.2 Å². The van der Waals surface area contributed by atoms with Crippen molar-refractivity contribution in [1.82, 2.24) is 4.72 Å². The van der Waals surface area contributed by atoms with Crippen LogP contribution in [0.4, 0.5) is 10.1 Å². The molecule has 0 saturated carbocycles.